The second-order valence-electron chi connectivity index (χ2n) is 3.33. The van der Waals surface area contributed by atoms with E-state index in [2.05, 4.69) is 5.32 Å². The quantitative estimate of drug-likeness (QED) is 0.606. The molecule has 0 saturated carbocycles. The van der Waals surface area contributed by atoms with E-state index in [1.165, 1.54) is 0 Å². The predicted molar refractivity (Wildman–Crippen MR) is 52.1 cm³/mol. The van der Waals surface area contributed by atoms with Gasteiger partial charge in [0.15, 0.2) is 0 Å². The Morgan fingerprint density at radius 2 is 2.36 bits per heavy atom. The first-order valence-electron chi connectivity index (χ1n) is 5.04. The Kier molecular flexibility index (Phi) is 4.69. The van der Waals surface area contributed by atoms with E-state index in [4.69, 9.17) is 9.84 Å². The van der Waals surface area contributed by atoms with E-state index in [-0.39, 0.29) is 12.7 Å². The molecule has 1 fully saturated rings. The van der Waals surface area contributed by atoms with Crippen LogP contribution < -0.4 is 5.32 Å². The molecule has 0 unspecified atom stereocenters. The molecule has 1 amide bonds. The van der Waals surface area contributed by atoms with Gasteiger partial charge in [-0.3, -0.25) is 0 Å². The van der Waals surface area contributed by atoms with E-state index in [1.54, 1.807) is 11.8 Å². The largest absolute Gasteiger partial charge is 0.450 e. The highest BCUT2D eigenvalue weighted by molar-refractivity contribution is 5.68. The van der Waals surface area contributed by atoms with Gasteiger partial charge >= 0.3 is 6.09 Å². The third-order valence-corrected chi connectivity index (χ3v) is 2.18. The maximum Gasteiger partial charge on any atom is 0.409 e. The van der Waals surface area contributed by atoms with Crippen LogP contribution in [0.2, 0.25) is 0 Å². The lowest BCUT2D eigenvalue weighted by Crippen LogP contribution is -2.60. The Bertz CT molecular complexity index is 181. The summed E-state index contributed by atoms with van der Waals surface area (Å²) in [5, 5.41) is 11.8. The molecule has 1 heterocycles. The molecule has 1 rings (SSSR count). The van der Waals surface area contributed by atoms with Gasteiger partial charge in [-0.25, -0.2) is 4.79 Å². The van der Waals surface area contributed by atoms with Gasteiger partial charge in [0.05, 0.1) is 6.61 Å². The number of rotatable bonds is 5. The van der Waals surface area contributed by atoms with E-state index < -0.39 is 0 Å². The van der Waals surface area contributed by atoms with E-state index in [1.807, 2.05) is 0 Å². The minimum atomic E-state index is -0.229. The van der Waals surface area contributed by atoms with E-state index in [0.29, 0.717) is 25.7 Å². The molecule has 1 aliphatic heterocycles. The summed E-state index contributed by atoms with van der Waals surface area (Å²) >= 11 is 0. The summed E-state index contributed by atoms with van der Waals surface area (Å²) < 4.78 is 4.84. The lowest BCUT2D eigenvalue weighted by atomic mass is 10.1. The van der Waals surface area contributed by atoms with Crippen molar-refractivity contribution in [3.8, 4) is 0 Å². The molecule has 0 aromatic rings. The van der Waals surface area contributed by atoms with Gasteiger partial charge in [0.1, 0.15) is 0 Å². The molecule has 82 valence electrons. The van der Waals surface area contributed by atoms with Crippen LogP contribution in [0.1, 0.15) is 13.3 Å². The molecular formula is C9H18N2O3. The number of aliphatic hydroxyl groups is 1. The van der Waals surface area contributed by atoms with Gasteiger partial charge in [-0.1, -0.05) is 0 Å². The summed E-state index contributed by atoms with van der Waals surface area (Å²) in [5.74, 6) is 0. The second-order valence-corrected chi connectivity index (χ2v) is 3.33. The van der Waals surface area contributed by atoms with Crippen LogP contribution in [-0.2, 0) is 4.74 Å². The third kappa shape index (κ3) is 3.16. The van der Waals surface area contributed by atoms with Crippen molar-refractivity contribution in [3.05, 3.63) is 0 Å². The molecule has 0 atom stereocenters. The van der Waals surface area contributed by atoms with E-state index in [0.717, 1.165) is 13.0 Å². The Morgan fingerprint density at radius 1 is 1.64 bits per heavy atom. The predicted octanol–water partition coefficient (Wildman–Crippen LogP) is -0.201. The van der Waals surface area contributed by atoms with Gasteiger partial charge in [0, 0.05) is 25.7 Å². The summed E-state index contributed by atoms with van der Waals surface area (Å²) in [5.41, 5.74) is 0. The number of carbonyl (C=O) groups excluding carboxylic acids is 1. The summed E-state index contributed by atoms with van der Waals surface area (Å²) in [6.45, 7) is 4.67. The lowest BCUT2D eigenvalue weighted by Gasteiger charge is -2.38. The smallest absolute Gasteiger partial charge is 0.409 e. The Hall–Kier alpha value is -0.810. The SMILES string of the molecule is CCOC(=O)N1CC(NCCCO)C1. The fraction of sp³-hybridized carbons (Fsp3) is 0.889. The van der Waals surface area contributed by atoms with E-state index in [9.17, 15) is 4.79 Å². The van der Waals surface area contributed by atoms with Crippen molar-refractivity contribution in [1.29, 1.82) is 0 Å². The zero-order valence-corrected chi connectivity index (χ0v) is 8.53. The van der Waals surface area contributed by atoms with Crippen LogP contribution in [0.3, 0.4) is 0 Å². The fourth-order valence-corrected chi connectivity index (χ4v) is 1.36. The topological polar surface area (TPSA) is 61.8 Å². The number of hydrogen-bond donors (Lipinski definition) is 2. The number of amides is 1. The van der Waals surface area contributed by atoms with Crippen LogP contribution >= 0.6 is 0 Å². The van der Waals surface area contributed by atoms with Crippen LogP contribution in [0, 0.1) is 0 Å². The van der Waals surface area contributed by atoms with Gasteiger partial charge in [-0.05, 0) is 19.9 Å². The standard InChI is InChI=1S/C9H18N2O3/c1-2-14-9(13)11-6-8(7-11)10-4-3-5-12/h8,10,12H,2-7H2,1H3. The minimum Gasteiger partial charge on any atom is -0.450 e. The number of aliphatic hydroxyl groups excluding tert-OH is 1. The number of nitrogens with one attached hydrogen (secondary N) is 1. The molecule has 14 heavy (non-hydrogen) atoms. The van der Waals surface area contributed by atoms with Gasteiger partial charge in [0.25, 0.3) is 0 Å². The van der Waals surface area contributed by atoms with Crippen LogP contribution in [0.5, 0.6) is 0 Å². The van der Waals surface area contributed by atoms with Crippen LogP contribution in [0.15, 0.2) is 0 Å². The van der Waals surface area contributed by atoms with Crippen molar-refractivity contribution in [2.24, 2.45) is 0 Å². The molecule has 5 heteroatoms. The van der Waals surface area contributed by atoms with Gasteiger partial charge in [-0.15, -0.1) is 0 Å². The van der Waals surface area contributed by atoms with Gasteiger partial charge in [0.2, 0.25) is 0 Å². The van der Waals surface area contributed by atoms with Gasteiger partial charge in [-0.2, -0.15) is 0 Å². The van der Waals surface area contributed by atoms with Crippen molar-refractivity contribution in [3.63, 3.8) is 0 Å². The summed E-state index contributed by atoms with van der Waals surface area (Å²) in [7, 11) is 0. The Morgan fingerprint density at radius 3 is 2.93 bits per heavy atom. The summed E-state index contributed by atoms with van der Waals surface area (Å²) in [4.78, 5) is 12.8. The molecule has 0 bridgehead atoms. The van der Waals surface area contributed by atoms with E-state index >= 15 is 0 Å². The second kappa shape index (κ2) is 5.82. The normalized spacial score (nSPS) is 16.6. The van der Waals surface area contributed by atoms with Crippen LogP contribution in [-0.4, -0.2) is 55.0 Å². The molecule has 0 aromatic carbocycles. The number of likely N-dealkylation sites (tertiary alicyclic amines) is 1. The summed E-state index contributed by atoms with van der Waals surface area (Å²) in [6.07, 6.45) is 0.531. The molecule has 0 aromatic heterocycles. The highest BCUT2D eigenvalue weighted by Gasteiger charge is 2.30. The van der Waals surface area contributed by atoms with Crippen LogP contribution in [0.4, 0.5) is 4.79 Å². The molecule has 2 N–H and O–H groups in total. The third-order valence-electron chi connectivity index (χ3n) is 2.18. The molecule has 0 spiro atoms. The Labute approximate surface area is 84.0 Å². The van der Waals surface area contributed by atoms with Crippen molar-refractivity contribution in [2.45, 2.75) is 19.4 Å². The zero-order valence-electron chi connectivity index (χ0n) is 8.53. The lowest BCUT2D eigenvalue weighted by molar-refractivity contribution is 0.0681. The average Bonchev–Trinajstić information content (AvgIpc) is 2.09. The number of hydrogen-bond acceptors (Lipinski definition) is 4. The summed E-state index contributed by atoms with van der Waals surface area (Å²) in [6, 6.07) is 0.367. The monoisotopic (exact) mass is 202 g/mol. The number of nitrogens with zero attached hydrogens (tertiary/aromatic N) is 1. The van der Waals surface area contributed by atoms with Gasteiger partial charge < -0.3 is 20.1 Å². The molecule has 1 aliphatic rings. The van der Waals surface area contributed by atoms with Crippen molar-refractivity contribution >= 4 is 6.09 Å². The first-order chi connectivity index (χ1) is 6.77. The fourth-order valence-electron chi connectivity index (χ4n) is 1.36. The highest BCUT2D eigenvalue weighted by atomic mass is 16.6. The average molecular weight is 202 g/mol. The molecule has 0 aliphatic carbocycles. The molecule has 5 nitrogen and oxygen atoms in total. The first-order valence-corrected chi connectivity index (χ1v) is 5.04. The Balaban J connectivity index is 2.02. The van der Waals surface area contributed by atoms with Crippen molar-refractivity contribution < 1.29 is 14.6 Å². The molecule has 1 saturated heterocycles. The van der Waals surface area contributed by atoms with Crippen molar-refractivity contribution in [1.82, 2.24) is 10.2 Å². The van der Waals surface area contributed by atoms with Crippen molar-refractivity contribution in [2.75, 3.05) is 32.8 Å². The highest BCUT2D eigenvalue weighted by Crippen LogP contribution is 2.09. The number of carbonyl (C=O) groups is 1. The molecular weight excluding hydrogens is 184 g/mol. The first kappa shape index (κ1) is 11.3. The number of ether oxygens (including phenoxy) is 1. The zero-order chi connectivity index (χ0) is 10.4. The maximum absolute atomic E-state index is 11.1. The molecule has 0 radical (unpaired) electrons. The maximum atomic E-state index is 11.1. The van der Waals surface area contributed by atoms with Crippen LogP contribution in [0.25, 0.3) is 0 Å². The minimum absolute atomic E-state index is 0.210.